The predicted octanol–water partition coefficient (Wildman–Crippen LogP) is 4.83. The van der Waals surface area contributed by atoms with Crippen molar-refractivity contribution < 1.29 is 50.1 Å². The highest BCUT2D eigenvalue weighted by atomic mass is 19.4. The summed E-state index contributed by atoms with van der Waals surface area (Å²) < 4.78 is 108. The van der Waals surface area contributed by atoms with E-state index in [2.05, 4.69) is 0 Å². The molecule has 4 nitrogen and oxygen atoms in total. The molecule has 36 heavy (non-hydrogen) atoms. The molecule has 0 radical (unpaired) electrons. The Kier molecular flexibility index (Phi) is 7.15. The Balaban J connectivity index is 2.36. The topological polar surface area (TPSA) is 69.6 Å². The highest BCUT2D eigenvalue weighted by Gasteiger charge is 2.60. The summed E-state index contributed by atoms with van der Waals surface area (Å²) in [7, 11) is 0. The molecule has 192 valence electrons. The molecule has 0 heterocycles. The van der Waals surface area contributed by atoms with Crippen molar-refractivity contribution in [2.45, 2.75) is 30.1 Å². The molecule has 3 aromatic carbocycles. The maximum atomic E-state index is 14.4. The summed E-state index contributed by atoms with van der Waals surface area (Å²) in [6.45, 7) is 0. The molecule has 0 aliphatic carbocycles. The van der Waals surface area contributed by atoms with Gasteiger partial charge in [0.25, 0.3) is 5.91 Å². The molecular formula is C24H17F8NO3. The Bertz CT molecular complexity index is 1220. The largest absolute Gasteiger partial charge is 0.453 e. The van der Waals surface area contributed by atoms with E-state index >= 15 is 0 Å². The SMILES string of the molecule is O=C(N[C@](Cc1ccccc1)(c1ccc(F)cc1)c1cc(F)cc(C(F)(F)F)c1)C(O)(O)C(F)(F)F. The van der Waals surface area contributed by atoms with Crippen LogP contribution in [-0.4, -0.2) is 28.1 Å². The van der Waals surface area contributed by atoms with Crippen molar-refractivity contribution in [2.24, 2.45) is 0 Å². The summed E-state index contributed by atoms with van der Waals surface area (Å²) in [6.07, 6.45) is -11.6. The van der Waals surface area contributed by atoms with Crippen molar-refractivity contribution in [2.75, 3.05) is 0 Å². The van der Waals surface area contributed by atoms with Crippen LogP contribution in [-0.2, 0) is 22.9 Å². The van der Waals surface area contributed by atoms with E-state index in [1.165, 1.54) is 24.3 Å². The second-order valence-corrected chi connectivity index (χ2v) is 7.93. The number of benzene rings is 3. The van der Waals surface area contributed by atoms with Gasteiger partial charge in [0.05, 0.1) is 11.1 Å². The fourth-order valence-corrected chi connectivity index (χ4v) is 3.61. The van der Waals surface area contributed by atoms with E-state index in [0.717, 1.165) is 24.3 Å². The molecule has 3 rings (SSSR count). The van der Waals surface area contributed by atoms with Crippen molar-refractivity contribution in [3.05, 3.63) is 107 Å². The van der Waals surface area contributed by atoms with Crippen molar-refractivity contribution in [3.63, 3.8) is 0 Å². The van der Waals surface area contributed by atoms with Crippen LogP contribution in [0.2, 0.25) is 0 Å². The minimum Gasteiger partial charge on any atom is -0.351 e. The van der Waals surface area contributed by atoms with Gasteiger partial charge in [-0.15, -0.1) is 0 Å². The Morgan fingerprint density at radius 2 is 1.28 bits per heavy atom. The lowest BCUT2D eigenvalue weighted by Crippen LogP contribution is -2.62. The van der Waals surface area contributed by atoms with Gasteiger partial charge in [-0.3, -0.25) is 4.79 Å². The third-order valence-electron chi connectivity index (χ3n) is 5.41. The highest BCUT2D eigenvalue weighted by molar-refractivity contribution is 5.85. The molecule has 0 bridgehead atoms. The average Bonchev–Trinajstić information content (AvgIpc) is 2.78. The molecule has 0 spiro atoms. The summed E-state index contributed by atoms with van der Waals surface area (Å²) in [5, 5.41) is 20.8. The summed E-state index contributed by atoms with van der Waals surface area (Å²) in [5.41, 5.74) is -4.68. The van der Waals surface area contributed by atoms with E-state index in [4.69, 9.17) is 0 Å². The lowest BCUT2D eigenvalue weighted by atomic mass is 9.77. The number of alkyl halides is 6. The van der Waals surface area contributed by atoms with Gasteiger partial charge in [0.2, 0.25) is 0 Å². The Morgan fingerprint density at radius 1 is 0.722 bits per heavy atom. The van der Waals surface area contributed by atoms with Gasteiger partial charge in [0.15, 0.2) is 0 Å². The zero-order valence-corrected chi connectivity index (χ0v) is 18.0. The molecular weight excluding hydrogens is 502 g/mol. The number of carbonyl (C=O) groups is 1. The quantitative estimate of drug-likeness (QED) is 0.323. The van der Waals surface area contributed by atoms with Crippen LogP contribution in [0.1, 0.15) is 22.3 Å². The van der Waals surface area contributed by atoms with E-state index in [9.17, 15) is 50.1 Å². The molecule has 3 aromatic rings. The normalized spacial score (nSPS) is 14.3. The fourth-order valence-electron chi connectivity index (χ4n) is 3.61. The lowest BCUT2D eigenvalue weighted by Gasteiger charge is -2.38. The zero-order valence-electron chi connectivity index (χ0n) is 18.0. The number of nitrogens with one attached hydrogen (secondary N) is 1. The van der Waals surface area contributed by atoms with Gasteiger partial charge in [-0.25, -0.2) is 8.78 Å². The number of halogens is 8. The first-order chi connectivity index (χ1) is 16.6. The van der Waals surface area contributed by atoms with Crippen LogP contribution in [0, 0.1) is 11.6 Å². The van der Waals surface area contributed by atoms with Gasteiger partial charge in [-0.2, -0.15) is 26.3 Å². The lowest BCUT2D eigenvalue weighted by molar-refractivity contribution is -0.329. The standard InChI is InChI=1S/C24H17F8NO3/c25-18-8-6-15(7-9-18)21(13-14-4-2-1-3-5-14,33-20(34)22(35,36)24(30,31)32)16-10-17(23(27,28)29)12-19(26)11-16/h1-12,35-36H,13H2,(H,33,34)/t21-/m1/s1. The third kappa shape index (κ3) is 5.49. The second-order valence-electron chi connectivity index (χ2n) is 7.93. The molecule has 1 atom stereocenters. The van der Waals surface area contributed by atoms with Crippen molar-refractivity contribution in [1.82, 2.24) is 5.32 Å². The monoisotopic (exact) mass is 519 g/mol. The molecule has 0 aromatic heterocycles. The zero-order chi connectivity index (χ0) is 26.9. The van der Waals surface area contributed by atoms with Gasteiger partial charge < -0.3 is 15.5 Å². The number of aliphatic hydroxyl groups is 2. The summed E-state index contributed by atoms with van der Waals surface area (Å²) >= 11 is 0. The summed E-state index contributed by atoms with van der Waals surface area (Å²) in [5.74, 6) is -9.69. The number of rotatable bonds is 6. The number of hydrogen-bond acceptors (Lipinski definition) is 3. The Morgan fingerprint density at radius 3 is 1.81 bits per heavy atom. The van der Waals surface area contributed by atoms with Crippen molar-refractivity contribution in [1.29, 1.82) is 0 Å². The number of carbonyl (C=O) groups excluding carboxylic acids is 1. The van der Waals surface area contributed by atoms with E-state index in [1.807, 2.05) is 0 Å². The van der Waals surface area contributed by atoms with Crippen LogP contribution >= 0.6 is 0 Å². The van der Waals surface area contributed by atoms with Crippen LogP contribution in [0.3, 0.4) is 0 Å². The van der Waals surface area contributed by atoms with Gasteiger partial charge in [-0.05, 0) is 47.0 Å². The van der Waals surface area contributed by atoms with Crippen LogP contribution < -0.4 is 5.32 Å². The van der Waals surface area contributed by atoms with E-state index in [1.54, 1.807) is 11.4 Å². The van der Waals surface area contributed by atoms with Gasteiger partial charge in [0.1, 0.15) is 11.6 Å². The summed E-state index contributed by atoms with van der Waals surface area (Å²) in [6, 6.07) is 12.0. The predicted molar refractivity (Wildman–Crippen MR) is 110 cm³/mol. The van der Waals surface area contributed by atoms with E-state index in [-0.39, 0.29) is 17.2 Å². The smallest absolute Gasteiger partial charge is 0.351 e. The molecule has 12 heteroatoms. The van der Waals surface area contributed by atoms with Crippen molar-refractivity contribution >= 4 is 5.91 Å². The van der Waals surface area contributed by atoms with Crippen LogP contribution in [0.4, 0.5) is 35.1 Å². The molecule has 0 unspecified atom stereocenters. The molecule has 0 aliphatic heterocycles. The second kappa shape index (κ2) is 9.51. The van der Waals surface area contributed by atoms with Crippen LogP contribution in [0.5, 0.6) is 0 Å². The van der Waals surface area contributed by atoms with Gasteiger partial charge in [0, 0.05) is 6.42 Å². The number of hydrogen-bond donors (Lipinski definition) is 3. The molecule has 0 saturated heterocycles. The maximum absolute atomic E-state index is 14.4. The maximum Gasteiger partial charge on any atom is 0.453 e. The number of amides is 1. The average molecular weight is 519 g/mol. The minimum atomic E-state index is -5.91. The third-order valence-corrected chi connectivity index (χ3v) is 5.41. The molecule has 3 N–H and O–H groups in total. The Labute approximate surface area is 198 Å². The molecule has 1 amide bonds. The molecule has 0 aliphatic rings. The van der Waals surface area contributed by atoms with Crippen LogP contribution in [0.15, 0.2) is 72.8 Å². The van der Waals surface area contributed by atoms with Crippen molar-refractivity contribution in [3.8, 4) is 0 Å². The van der Waals surface area contributed by atoms with E-state index in [0.29, 0.717) is 12.1 Å². The Hall–Kier alpha value is -3.51. The fraction of sp³-hybridized carbons (Fsp3) is 0.208. The minimum absolute atomic E-state index is 0.140. The highest BCUT2D eigenvalue weighted by Crippen LogP contribution is 2.39. The molecule has 0 fully saturated rings. The molecule has 0 saturated carbocycles. The van der Waals surface area contributed by atoms with Gasteiger partial charge in [-0.1, -0.05) is 42.5 Å². The summed E-state index contributed by atoms with van der Waals surface area (Å²) in [4.78, 5) is 12.6. The van der Waals surface area contributed by atoms with Gasteiger partial charge >= 0.3 is 18.1 Å². The first kappa shape index (κ1) is 27.1. The van der Waals surface area contributed by atoms with E-state index < -0.39 is 58.8 Å². The van der Waals surface area contributed by atoms with Crippen LogP contribution in [0.25, 0.3) is 0 Å². The first-order valence-corrected chi connectivity index (χ1v) is 10.1. The first-order valence-electron chi connectivity index (χ1n) is 10.1.